The molecule has 2 aromatic heterocycles. The summed E-state index contributed by atoms with van der Waals surface area (Å²) in [4.78, 5) is 18.4. The van der Waals surface area contributed by atoms with Crippen molar-refractivity contribution >= 4 is 25.1 Å². The largest absolute Gasteiger partial charge is 0.496 e. The maximum absolute atomic E-state index is 11.9. The van der Waals surface area contributed by atoms with Crippen LogP contribution in [-0.4, -0.2) is 66.6 Å². The van der Waals surface area contributed by atoms with Gasteiger partial charge in [0.2, 0.25) is 0 Å². The molecule has 8 nitrogen and oxygen atoms in total. The lowest BCUT2D eigenvalue weighted by Gasteiger charge is -2.21. The van der Waals surface area contributed by atoms with Crippen LogP contribution in [0.5, 0.6) is 5.75 Å². The minimum atomic E-state index is -1.21. The average Bonchev–Trinajstić information content (AvgIpc) is 3.23. The van der Waals surface area contributed by atoms with Crippen LogP contribution in [0.1, 0.15) is 11.6 Å². The van der Waals surface area contributed by atoms with Gasteiger partial charge in [-0.25, -0.2) is 9.67 Å². The third-order valence-corrected chi connectivity index (χ3v) is 8.15. The lowest BCUT2D eigenvalue weighted by atomic mass is 9.98. The van der Waals surface area contributed by atoms with Crippen molar-refractivity contribution in [3.8, 4) is 28.1 Å². The van der Waals surface area contributed by atoms with Crippen LogP contribution in [0.2, 0.25) is 25.7 Å². The highest BCUT2D eigenvalue weighted by atomic mass is 28.3. The number of carboxylic acids is 1. The summed E-state index contributed by atoms with van der Waals surface area (Å²) in [6.45, 7) is 7.97. The number of nitrogens with zero attached hydrogens (tertiary/aromatic N) is 4. The highest BCUT2D eigenvalue weighted by Crippen LogP contribution is 2.36. The van der Waals surface area contributed by atoms with Crippen molar-refractivity contribution in [2.75, 3.05) is 27.8 Å². The van der Waals surface area contributed by atoms with E-state index in [1.54, 1.807) is 37.0 Å². The molecule has 0 amide bonds. The summed E-state index contributed by atoms with van der Waals surface area (Å²) < 4.78 is 13.5. The average molecular weight is 533 g/mol. The molecule has 0 bridgehead atoms. The van der Waals surface area contributed by atoms with Crippen molar-refractivity contribution in [1.29, 1.82) is 0 Å². The molecular formula is C29H36N4O4Si. The van der Waals surface area contributed by atoms with Gasteiger partial charge in [0.15, 0.2) is 5.65 Å². The lowest BCUT2D eigenvalue weighted by Crippen LogP contribution is -2.27. The number of fused-ring (bicyclic) bond motifs is 1. The highest BCUT2D eigenvalue weighted by Gasteiger charge is 2.23. The lowest BCUT2D eigenvalue weighted by molar-refractivity contribution is -0.142. The monoisotopic (exact) mass is 532 g/mol. The molecule has 0 fully saturated rings. The molecule has 0 saturated heterocycles. The van der Waals surface area contributed by atoms with E-state index in [4.69, 9.17) is 19.6 Å². The first kappa shape index (κ1) is 27.5. The van der Waals surface area contributed by atoms with Crippen molar-refractivity contribution in [2.45, 2.75) is 38.5 Å². The van der Waals surface area contributed by atoms with Crippen molar-refractivity contribution < 1.29 is 19.4 Å². The summed E-state index contributed by atoms with van der Waals surface area (Å²) in [6.07, 6.45) is 1.80. The summed E-state index contributed by atoms with van der Waals surface area (Å²) in [5.41, 5.74) is 4.81. The van der Waals surface area contributed by atoms with E-state index in [0.717, 1.165) is 45.2 Å². The van der Waals surface area contributed by atoms with E-state index >= 15 is 0 Å². The van der Waals surface area contributed by atoms with Gasteiger partial charge in [0.1, 0.15) is 24.2 Å². The predicted octanol–water partition coefficient (Wildman–Crippen LogP) is 5.77. The number of hydrogen-bond donors (Lipinski definition) is 1. The summed E-state index contributed by atoms with van der Waals surface area (Å²) >= 11 is 0. The molecule has 0 aliphatic heterocycles. The fourth-order valence-electron chi connectivity index (χ4n) is 4.43. The second kappa shape index (κ2) is 11.5. The van der Waals surface area contributed by atoms with Crippen molar-refractivity contribution in [3.05, 3.63) is 66.4 Å². The smallest absolute Gasteiger partial charge is 0.325 e. The van der Waals surface area contributed by atoms with Crippen LogP contribution in [-0.2, 0) is 16.3 Å². The van der Waals surface area contributed by atoms with Gasteiger partial charge >= 0.3 is 5.97 Å². The van der Waals surface area contributed by atoms with E-state index in [1.807, 2.05) is 48.5 Å². The molecule has 0 aliphatic carbocycles. The molecule has 2 heterocycles. The van der Waals surface area contributed by atoms with Gasteiger partial charge in [-0.1, -0.05) is 50.0 Å². The van der Waals surface area contributed by atoms with E-state index < -0.39 is 20.1 Å². The maximum Gasteiger partial charge on any atom is 0.325 e. The van der Waals surface area contributed by atoms with E-state index in [1.165, 1.54) is 0 Å². The standard InChI is InChI=1S/C29H36N4O4Si/c1-32(2)27(29(34)35)21-11-9-10-20(16-21)22-17-24-26(23-12-7-8-13-25(23)36-3)31-33(28(24)30-18-22)19-37-14-15-38(4,5)6/h7-13,16-18,27H,14-15,19H2,1-6H3,(H,34,35). The topological polar surface area (TPSA) is 89.7 Å². The SMILES string of the molecule is COc1ccccc1-c1nn(COCC[Si](C)(C)C)c2ncc(-c3cccc(C(C(=O)O)N(C)C)c3)cc12. The summed E-state index contributed by atoms with van der Waals surface area (Å²) in [6, 6.07) is 17.8. The van der Waals surface area contributed by atoms with Crippen molar-refractivity contribution in [2.24, 2.45) is 0 Å². The van der Waals surface area contributed by atoms with Crippen molar-refractivity contribution in [1.82, 2.24) is 19.7 Å². The Hall–Kier alpha value is -3.53. The Morgan fingerprint density at radius 3 is 2.53 bits per heavy atom. The number of rotatable bonds is 11. The van der Waals surface area contributed by atoms with Crippen LogP contribution < -0.4 is 4.74 Å². The summed E-state index contributed by atoms with van der Waals surface area (Å²) in [7, 11) is 3.97. The number of ether oxygens (including phenoxy) is 2. The zero-order valence-electron chi connectivity index (χ0n) is 22.9. The predicted molar refractivity (Wildman–Crippen MR) is 153 cm³/mol. The van der Waals surface area contributed by atoms with Gasteiger partial charge in [-0.3, -0.25) is 9.69 Å². The zero-order valence-corrected chi connectivity index (χ0v) is 23.9. The van der Waals surface area contributed by atoms with Gasteiger partial charge in [0.05, 0.1) is 7.11 Å². The summed E-state index contributed by atoms with van der Waals surface area (Å²) in [5.74, 6) is -0.170. The van der Waals surface area contributed by atoms with E-state index in [2.05, 4.69) is 25.7 Å². The fourth-order valence-corrected chi connectivity index (χ4v) is 5.18. The Kier molecular flexibility index (Phi) is 8.30. The third kappa shape index (κ3) is 6.12. The molecular weight excluding hydrogens is 496 g/mol. The second-order valence-corrected chi connectivity index (χ2v) is 16.4. The van der Waals surface area contributed by atoms with Crippen molar-refractivity contribution in [3.63, 3.8) is 0 Å². The van der Waals surface area contributed by atoms with Gasteiger partial charge in [-0.2, -0.15) is 5.10 Å². The minimum Gasteiger partial charge on any atom is -0.496 e. The molecule has 4 rings (SSSR count). The quantitative estimate of drug-likeness (QED) is 0.194. The molecule has 0 spiro atoms. The Bertz CT molecular complexity index is 1430. The molecule has 0 radical (unpaired) electrons. The van der Waals surface area contributed by atoms with Gasteiger partial charge in [-0.05, 0) is 55.5 Å². The van der Waals surface area contributed by atoms with Gasteiger partial charge in [0.25, 0.3) is 0 Å². The van der Waals surface area contributed by atoms with Gasteiger partial charge in [-0.15, -0.1) is 0 Å². The van der Waals surface area contributed by atoms with Gasteiger partial charge in [0, 0.05) is 37.4 Å². The second-order valence-electron chi connectivity index (χ2n) is 10.8. The number of para-hydroxylation sites is 1. The van der Waals surface area contributed by atoms with Crippen LogP contribution in [0.4, 0.5) is 0 Å². The van der Waals surface area contributed by atoms with E-state index in [9.17, 15) is 9.90 Å². The van der Waals surface area contributed by atoms with E-state index in [0.29, 0.717) is 18.9 Å². The molecule has 1 unspecified atom stereocenters. The van der Waals surface area contributed by atoms with Crippen LogP contribution in [0.3, 0.4) is 0 Å². The molecule has 0 aliphatic rings. The Morgan fingerprint density at radius 2 is 1.84 bits per heavy atom. The number of likely N-dealkylation sites (N-methyl/N-ethyl adjacent to an activating group) is 1. The van der Waals surface area contributed by atoms with Crippen LogP contribution in [0.15, 0.2) is 60.8 Å². The molecule has 1 atom stereocenters. The molecule has 2 aromatic carbocycles. The molecule has 1 N–H and O–H groups in total. The number of aliphatic carboxylic acids is 1. The first-order chi connectivity index (χ1) is 18.1. The number of hydrogen-bond acceptors (Lipinski definition) is 6. The minimum absolute atomic E-state index is 0.307. The Balaban J connectivity index is 1.78. The summed E-state index contributed by atoms with van der Waals surface area (Å²) in [5, 5.41) is 15.5. The number of aromatic nitrogens is 3. The fraction of sp³-hybridized carbons (Fsp3) is 0.345. The number of carboxylic acid groups (broad SMARTS) is 1. The number of pyridine rings is 1. The Morgan fingerprint density at radius 1 is 1.08 bits per heavy atom. The molecule has 0 saturated carbocycles. The highest BCUT2D eigenvalue weighted by molar-refractivity contribution is 6.76. The van der Waals surface area contributed by atoms with E-state index in [-0.39, 0.29) is 0 Å². The number of carbonyl (C=O) groups is 1. The Labute approximate surface area is 224 Å². The normalized spacial score (nSPS) is 12.7. The van der Waals surface area contributed by atoms with Crippen LogP contribution in [0.25, 0.3) is 33.4 Å². The van der Waals surface area contributed by atoms with Gasteiger partial charge < -0.3 is 14.6 Å². The number of benzene rings is 2. The molecule has 4 aromatic rings. The van der Waals surface area contributed by atoms with Crippen LogP contribution in [0, 0.1) is 0 Å². The number of methoxy groups -OCH3 is 1. The maximum atomic E-state index is 11.9. The molecule has 9 heteroatoms. The first-order valence-corrected chi connectivity index (χ1v) is 16.4. The zero-order chi connectivity index (χ0) is 27.4. The third-order valence-electron chi connectivity index (χ3n) is 6.45. The first-order valence-electron chi connectivity index (χ1n) is 12.7. The van der Waals surface area contributed by atoms with Crippen LogP contribution >= 0.6 is 0 Å². The molecule has 38 heavy (non-hydrogen) atoms. The molecule has 200 valence electrons.